The molecule has 71 heavy (non-hydrogen) atoms. The van der Waals surface area contributed by atoms with E-state index in [0.717, 1.165) is 38.1 Å². The maximum atomic E-state index is 13.9. The molecule has 2 aromatic carbocycles. The average Bonchev–Trinajstić information content (AvgIpc) is 4.10. The van der Waals surface area contributed by atoms with Crippen LogP contribution in [0.5, 0.6) is 0 Å². The molecule has 7 rings (SSSR count). The smallest absolute Gasteiger partial charge is 0.243 e. The molecule has 0 bridgehead atoms. The van der Waals surface area contributed by atoms with E-state index in [2.05, 4.69) is 45.2 Å². The quantitative estimate of drug-likeness (QED) is 0.0548. The van der Waals surface area contributed by atoms with Crippen LogP contribution in [0.3, 0.4) is 0 Å². The van der Waals surface area contributed by atoms with Crippen molar-refractivity contribution in [3.8, 4) is 5.00 Å². The Balaban J connectivity index is 0.796. The Morgan fingerprint density at radius 3 is 2.10 bits per heavy atom. The van der Waals surface area contributed by atoms with E-state index in [9.17, 15) is 24.3 Å². The number of aliphatic hydroxyl groups is 1. The molecule has 3 aromatic heterocycles. The van der Waals surface area contributed by atoms with Crippen LogP contribution in [0.25, 0.3) is 5.00 Å². The van der Waals surface area contributed by atoms with Gasteiger partial charge in [0.2, 0.25) is 23.6 Å². The molecule has 5 aromatic rings. The Morgan fingerprint density at radius 1 is 0.859 bits per heavy atom. The number of β-amino-alcohol motifs (C(OH)–C–C–N with tert-alkyl or cyclic N) is 1. The lowest BCUT2D eigenvalue weighted by atomic mass is 9.91. The summed E-state index contributed by atoms with van der Waals surface area (Å²) in [5, 5.41) is 34.2. The fraction of sp³-hybridized carbons (Fsp3) is 0.480. The van der Waals surface area contributed by atoms with Crippen molar-refractivity contribution in [2.24, 2.45) is 10.9 Å². The molecule has 21 heteroatoms. The van der Waals surface area contributed by atoms with Crippen LogP contribution in [0.2, 0.25) is 10.0 Å². The first-order chi connectivity index (χ1) is 34.1. The Kier molecular flexibility index (Phi) is 18.6. The van der Waals surface area contributed by atoms with Gasteiger partial charge in [-0.25, -0.2) is 0 Å². The van der Waals surface area contributed by atoms with Crippen molar-refractivity contribution in [3.63, 3.8) is 0 Å². The summed E-state index contributed by atoms with van der Waals surface area (Å²) in [7, 11) is 0. The second kappa shape index (κ2) is 24.7. The van der Waals surface area contributed by atoms with Gasteiger partial charge in [0.05, 0.1) is 76.0 Å². The molecule has 5 atom stereocenters. The fourth-order valence-electron chi connectivity index (χ4n) is 8.67. The number of likely N-dealkylation sites (tertiary alicyclic amines) is 1. The zero-order valence-corrected chi connectivity index (χ0v) is 43.0. The Bertz CT molecular complexity index is 2670. The standard InChI is InChI=1S/C50H61Cl2N9O9S/c1-28(2)44(41-23-29(3)59-70-41)49(66)60-27-37(62)24-40(60)48(65)56-38(33-7-11-35(51)12-8-33)25-42(63)53-15-17-67-19-21-69-22-20-68-18-16-54-43(64)26-39-47-58-57-32(6)61(47)50-45(30(4)31(5)71-50)46(55-39)34-9-13-36(52)14-10-34/h7-14,23,28,37-40,44,62H,15-22,24-27H2,1-6H3,(H,53,63)(H,54,64)(H,56,65). The molecule has 0 aliphatic carbocycles. The van der Waals surface area contributed by atoms with E-state index in [-0.39, 0.29) is 75.8 Å². The number of fused-ring (bicyclic) bond motifs is 3. The molecule has 5 heterocycles. The Hall–Kier alpha value is -5.54. The van der Waals surface area contributed by atoms with Gasteiger partial charge in [0.1, 0.15) is 34.6 Å². The van der Waals surface area contributed by atoms with Gasteiger partial charge in [0.25, 0.3) is 0 Å². The van der Waals surface area contributed by atoms with Crippen molar-refractivity contribution >= 4 is 63.9 Å². The molecule has 380 valence electrons. The zero-order valence-electron chi connectivity index (χ0n) is 40.7. The van der Waals surface area contributed by atoms with Crippen molar-refractivity contribution < 1.29 is 43.0 Å². The molecule has 0 spiro atoms. The van der Waals surface area contributed by atoms with Crippen LogP contribution in [0.15, 0.2) is 64.1 Å². The Morgan fingerprint density at radius 2 is 1.48 bits per heavy atom. The highest BCUT2D eigenvalue weighted by atomic mass is 35.5. The van der Waals surface area contributed by atoms with Gasteiger partial charge in [-0.3, -0.25) is 28.7 Å². The highest BCUT2D eigenvalue weighted by Gasteiger charge is 2.44. The van der Waals surface area contributed by atoms with Gasteiger partial charge < -0.3 is 44.7 Å². The summed E-state index contributed by atoms with van der Waals surface area (Å²) in [5.41, 5.74) is 5.06. The number of benzene rings is 2. The topological polar surface area (TPSA) is 225 Å². The largest absolute Gasteiger partial charge is 0.391 e. The molecular formula is C50H61Cl2N9O9S. The molecular weight excluding hydrogens is 974 g/mol. The highest BCUT2D eigenvalue weighted by molar-refractivity contribution is 7.15. The number of aromatic nitrogens is 4. The molecule has 1 fully saturated rings. The molecule has 2 aliphatic rings. The maximum Gasteiger partial charge on any atom is 0.243 e. The third kappa shape index (κ3) is 13.5. The van der Waals surface area contributed by atoms with Crippen LogP contribution in [0.1, 0.15) is 101 Å². The fourth-order valence-corrected chi connectivity index (χ4v) is 10.1. The van der Waals surface area contributed by atoms with Gasteiger partial charge in [0, 0.05) is 58.2 Å². The first-order valence-electron chi connectivity index (χ1n) is 23.7. The van der Waals surface area contributed by atoms with Crippen LogP contribution in [0.4, 0.5) is 0 Å². The second-order valence-electron chi connectivity index (χ2n) is 18.0. The molecule has 2 aliphatic heterocycles. The van der Waals surface area contributed by atoms with Crippen molar-refractivity contribution in [1.82, 2.24) is 40.8 Å². The number of aryl methyl sites for hydroxylation is 3. The number of carbonyl (C=O) groups excluding carboxylic acids is 4. The van der Waals surface area contributed by atoms with E-state index in [0.29, 0.717) is 59.3 Å². The average molecular weight is 1040 g/mol. The number of aliphatic imine (C=N–C) groups is 1. The predicted octanol–water partition coefficient (Wildman–Crippen LogP) is 6.07. The molecule has 0 saturated carbocycles. The highest BCUT2D eigenvalue weighted by Crippen LogP contribution is 2.40. The van der Waals surface area contributed by atoms with Crippen molar-refractivity contribution in [1.29, 1.82) is 0 Å². The van der Waals surface area contributed by atoms with E-state index in [1.807, 2.05) is 49.6 Å². The van der Waals surface area contributed by atoms with E-state index >= 15 is 0 Å². The van der Waals surface area contributed by atoms with E-state index < -0.39 is 36.1 Å². The van der Waals surface area contributed by atoms with Crippen LogP contribution in [-0.2, 0) is 33.4 Å². The lowest BCUT2D eigenvalue weighted by Gasteiger charge is -2.30. The summed E-state index contributed by atoms with van der Waals surface area (Å²) in [6, 6.07) is 13.7. The number of halogens is 2. The van der Waals surface area contributed by atoms with Gasteiger partial charge in [-0.15, -0.1) is 21.5 Å². The lowest BCUT2D eigenvalue weighted by Crippen LogP contribution is -2.49. The van der Waals surface area contributed by atoms with E-state index in [1.54, 1.807) is 48.6 Å². The number of hydrogen-bond donors (Lipinski definition) is 4. The molecule has 18 nitrogen and oxygen atoms in total. The number of rotatable bonds is 23. The molecule has 1 saturated heterocycles. The maximum absolute atomic E-state index is 13.9. The van der Waals surface area contributed by atoms with E-state index in [1.165, 1.54) is 4.90 Å². The van der Waals surface area contributed by atoms with Gasteiger partial charge >= 0.3 is 0 Å². The van der Waals surface area contributed by atoms with Gasteiger partial charge in [-0.1, -0.05) is 66.5 Å². The zero-order chi connectivity index (χ0) is 50.8. The second-order valence-corrected chi connectivity index (χ2v) is 20.0. The Labute approximate surface area is 426 Å². The van der Waals surface area contributed by atoms with Crippen molar-refractivity contribution in [3.05, 3.63) is 115 Å². The van der Waals surface area contributed by atoms with Gasteiger partial charge in [0.15, 0.2) is 5.82 Å². The molecule has 4 amide bonds. The summed E-state index contributed by atoms with van der Waals surface area (Å²) < 4.78 is 24.4. The third-order valence-corrected chi connectivity index (χ3v) is 14.0. The number of nitrogens with one attached hydrogen (secondary N) is 3. The summed E-state index contributed by atoms with van der Waals surface area (Å²) in [6.45, 7) is 13.8. The number of hydrogen-bond acceptors (Lipinski definition) is 14. The number of nitrogens with zero attached hydrogens (tertiary/aromatic N) is 6. The SMILES string of the molecule is Cc1cc(C(C(=O)N2CC(O)CC2C(=O)NC(CC(=O)NCCOCCOCCOCCNC(=O)CC2N=C(c3ccc(Cl)cc3)c3c(sc(C)c3C)-n3c(C)nnc32)c2ccc(Cl)cc2)C(C)C)on1. The first kappa shape index (κ1) is 53.3. The van der Waals surface area contributed by atoms with Crippen LogP contribution >= 0.6 is 34.5 Å². The van der Waals surface area contributed by atoms with Crippen LogP contribution in [0, 0.1) is 33.6 Å². The minimum Gasteiger partial charge on any atom is -0.391 e. The minimum atomic E-state index is -0.967. The molecule has 4 N–H and O–H groups in total. The van der Waals surface area contributed by atoms with Crippen LogP contribution < -0.4 is 16.0 Å². The number of carbonyl (C=O) groups is 4. The number of ether oxygens (including phenoxy) is 3. The van der Waals surface area contributed by atoms with Gasteiger partial charge in [-0.2, -0.15) is 0 Å². The summed E-state index contributed by atoms with van der Waals surface area (Å²) in [5.74, 6) is -0.520. The molecule has 5 unspecified atom stereocenters. The number of aliphatic hydroxyl groups excluding tert-OH is 1. The van der Waals surface area contributed by atoms with Gasteiger partial charge in [-0.05, 0) is 69.0 Å². The lowest BCUT2D eigenvalue weighted by molar-refractivity contribution is -0.141. The van der Waals surface area contributed by atoms with Crippen molar-refractivity contribution in [2.45, 2.75) is 91.0 Å². The monoisotopic (exact) mass is 1030 g/mol. The third-order valence-electron chi connectivity index (χ3n) is 12.3. The number of amides is 4. The van der Waals surface area contributed by atoms with Crippen LogP contribution in [-0.4, -0.2) is 131 Å². The molecule has 0 radical (unpaired) electrons. The summed E-state index contributed by atoms with van der Waals surface area (Å²) >= 11 is 14.0. The first-order valence-corrected chi connectivity index (χ1v) is 25.3. The predicted molar refractivity (Wildman–Crippen MR) is 268 cm³/mol. The number of thiophene rings is 1. The minimum absolute atomic E-state index is 0.0175. The van der Waals surface area contributed by atoms with E-state index in [4.69, 9.17) is 46.9 Å². The summed E-state index contributed by atoms with van der Waals surface area (Å²) in [4.78, 5) is 62.0. The normalized spacial score (nSPS) is 17.3. The van der Waals surface area contributed by atoms with Crippen molar-refractivity contribution in [2.75, 3.05) is 59.3 Å². The summed E-state index contributed by atoms with van der Waals surface area (Å²) in [6.07, 6.45) is -0.894.